The van der Waals surface area contributed by atoms with Gasteiger partial charge in [0.05, 0.1) is 0 Å². The van der Waals surface area contributed by atoms with E-state index in [9.17, 15) is 9.59 Å². The van der Waals surface area contributed by atoms with Crippen LogP contribution in [0.4, 0.5) is 0 Å². The maximum atomic E-state index is 12.0. The highest BCUT2D eigenvalue weighted by molar-refractivity contribution is 5.85. The summed E-state index contributed by atoms with van der Waals surface area (Å²) in [5.74, 6) is -0.171. The monoisotopic (exact) mass is 255 g/mol. The van der Waals surface area contributed by atoms with Gasteiger partial charge in [-0.25, -0.2) is 4.79 Å². The van der Waals surface area contributed by atoms with E-state index in [1.54, 1.807) is 4.90 Å². The van der Waals surface area contributed by atoms with Gasteiger partial charge in [0.25, 0.3) is 0 Å². The molecule has 0 saturated carbocycles. The molecule has 1 saturated heterocycles. The van der Waals surface area contributed by atoms with Gasteiger partial charge in [-0.3, -0.25) is 4.79 Å². The number of carbonyl (C=O) groups excluding carboxylic acids is 2. The summed E-state index contributed by atoms with van der Waals surface area (Å²) in [4.78, 5) is 25.7. The van der Waals surface area contributed by atoms with Crippen molar-refractivity contribution in [2.45, 2.75) is 71.4 Å². The van der Waals surface area contributed by atoms with Gasteiger partial charge in [0.1, 0.15) is 11.6 Å². The molecular formula is C14H25NO3. The number of hydrogen-bond acceptors (Lipinski definition) is 3. The third-order valence-electron chi connectivity index (χ3n) is 3.00. The fourth-order valence-corrected chi connectivity index (χ4v) is 2.15. The fourth-order valence-electron chi connectivity index (χ4n) is 2.15. The topological polar surface area (TPSA) is 46.6 Å². The van der Waals surface area contributed by atoms with Crippen molar-refractivity contribution in [2.24, 2.45) is 0 Å². The average Bonchev–Trinajstić information content (AvgIpc) is 2.72. The number of likely N-dealkylation sites (tertiary alicyclic amines) is 1. The predicted octanol–water partition coefficient (Wildman–Crippen LogP) is 2.51. The molecule has 1 rings (SSSR count). The number of rotatable bonds is 4. The van der Waals surface area contributed by atoms with Crippen LogP contribution in [0.15, 0.2) is 0 Å². The standard InChI is InChI=1S/C14H25NO3/c1-5-6-9-12(16)15-10-7-8-11(15)13(17)18-14(2,3)4/h11H,5-10H2,1-4H3/t11-/m1/s1. The predicted molar refractivity (Wildman–Crippen MR) is 70.1 cm³/mol. The molecule has 104 valence electrons. The van der Waals surface area contributed by atoms with Crippen molar-refractivity contribution in [1.82, 2.24) is 4.90 Å². The van der Waals surface area contributed by atoms with Crippen molar-refractivity contribution in [3.8, 4) is 0 Å². The van der Waals surface area contributed by atoms with E-state index in [0.29, 0.717) is 13.0 Å². The van der Waals surface area contributed by atoms with Crippen LogP contribution < -0.4 is 0 Å². The summed E-state index contributed by atoms with van der Waals surface area (Å²) in [6.07, 6.45) is 4.04. The van der Waals surface area contributed by atoms with Crippen molar-refractivity contribution < 1.29 is 14.3 Å². The summed E-state index contributed by atoms with van der Waals surface area (Å²) in [5, 5.41) is 0. The van der Waals surface area contributed by atoms with Gasteiger partial charge in [-0.2, -0.15) is 0 Å². The molecule has 0 aromatic heterocycles. The molecule has 0 aromatic rings. The van der Waals surface area contributed by atoms with Crippen LogP contribution in [-0.4, -0.2) is 35.0 Å². The molecule has 1 heterocycles. The van der Waals surface area contributed by atoms with E-state index in [1.807, 2.05) is 20.8 Å². The fraction of sp³-hybridized carbons (Fsp3) is 0.857. The Morgan fingerprint density at radius 1 is 1.33 bits per heavy atom. The lowest BCUT2D eigenvalue weighted by Crippen LogP contribution is -2.43. The van der Waals surface area contributed by atoms with Gasteiger partial charge in [0.2, 0.25) is 5.91 Å². The Kier molecular flexibility index (Phi) is 5.17. The lowest BCUT2D eigenvalue weighted by molar-refractivity contribution is -0.163. The van der Waals surface area contributed by atoms with Crippen LogP contribution in [0.3, 0.4) is 0 Å². The highest BCUT2D eigenvalue weighted by Crippen LogP contribution is 2.22. The second kappa shape index (κ2) is 6.21. The molecule has 18 heavy (non-hydrogen) atoms. The smallest absolute Gasteiger partial charge is 0.329 e. The summed E-state index contributed by atoms with van der Waals surface area (Å²) in [5.41, 5.74) is -0.488. The zero-order valence-electron chi connectivity index (χ0n) is 12.0. The van der Waals surface area contributed by atoms with E-state index in [-0.39, 0.29) is 17.9 Å². The van der Waals surface area contributed by atoms with E-state index < -0.39 is 5.60 Å². The Balaban J connectivity index is 2.59. The van der Waals surface area contributed by atoms with Crippen molar-refractivity contribution in [3.05, 3.63) is 0 Å². The normalized spacial score (nSPS) is 20.0. The molecule has 0 aromatic carbocycles. The highest BCUT2D eigenvalue weighted by Gasteiger charge is 2.36. The molecule has 1 atom stereocenters. The number of esters is 1. The molecule has 4 heteroatoms. The molecule has 1 aliphatic heterocycles. The summed E-state index contributed by atoms with van der Waals surface area (Å²) in [6.45, 7) is 8.30. The maximum absolute atomic E-state index is 12.0. The lowest BCUT2D eigenvalue weighted by Gasteiger charge is -2.27. The third kappa shape index (κ3) is 4.31. The summed E-state index contributed by atoms with van der Waals surface area (Å²) in [6, 6.07) is -0.367. The quantitative estimate of drug-likeness (QED) is 0.725. The van der Waals surface area contributed by atoms with Crippen LogP contribution in [0.2, 0.25) is 0 Å². The van der Waals surface area contributed by atoms with Crippen LogP contribution >= 0.6 is 0 Å². The number of ether oxygens (including phenoxy) is 1. The first kappa shape index (κ1) is 15.0. The summed E-state index contributed by atoms with van der Waals surface area (Å²) in [7, 11) is 0. The summed E-state index contributed by atoms with van der Waals surface area (Å²) >= 11 is 0. The molecule has 1 fully saturated rings. The van der Waals surface area contributed by atoms with Crippen molar-refractivity contribution in [2.75, 3.05) is 6.54 Å². The number of unbranched alkanes of at least 4 members (excludes halogenated alkanes) is 1. The van der Waals surface area contributed by atoms with Crippen molar-refractivity contribution in [1.29, 1.82) is 0 Å². The van der Waals surface area contributed by atoms with Crippen LogP contribution in [0.1, 0.15) is 59.8 Å². The Labute approximate surface area is 110 Å². The molecule has 0 bridgehead atoms. The second-order valence-electron chi connectivity index (χ2n) is 5.88. The van der Waals surface area contributed by atoms with Crippen LogP contribution in [0, 0.1) is 0 Å². The largest absolute Gasteiger partial charge is 0.458 e. The van der Waals surface area contributed by atoms with Crippen LogP contribution in [0.25, 0.3) is 0 Å². The molecular weight excluding hydrogens is 230 g/mol. The van der Waals surface area contributed by atoms with E-state index in [4.69, 9.17) is 4.74 Å². The first-order valence-electron chi connectivity index (χ1n) is 6.87. The van der Waals surface area contributed by atoms with Crippen molar-refractivity contribution in [3.63, 3.8) is 0 Å². The van der Waals surface area contributed by atoms with Gasteiger partial charge in [-0.15, -0.1) is 0 Å². The van der Waals surface area contributed by atoms with Crippen LogP contribution in [-0.2, 0) is 14.3 Å². The van der Waals surface area contributed by atoms with Gasteiger partial charge in [0.15, 0.2) is 0 Å². The molecule has 1 aliphatic rings. The first-order chi connectivity index (χ1) is 8.35. The number of nitrogens with zero attached hydrogens (tertiary/aromatic N) is 1. The van der Waals surface area contributed by atoms with Gasteiger partial charge < -0.3 is 9.64 Å². The molecule has 0 unspecified atom stereocenters. The second-order valence-corrected chi connectivity index (χ2v) is 5.88. The minimum Gasteiger partial charge on any atom is -0.458 e. The minimum absolute atomic E-state index is 0.0882. The minimum atomic E-state index is -0.488. The molecule has 0 radical (unpaired) electrons. The van der Waals surface area contributed by atoms with Gasteiger partial charge in [0, 0.05) is 13.0 Å². The molecule has 1 amide bonds. The summed E-state index contributed by atoms with van der Waals surface area (Å²) < 4.78 is 5.37. The van der Waals surface area contributed by atoms with Crippen LogP contribution in [0.5, 0.6) is 0 Å². The van der Waals surface area contributed by atoms with Crippen molar-refractivity contribution >= 4 is 11.9 Å². The first-order valence-corrected chi connectivity index (χ1v) is 6.87. The van der Waals surface area contributed by atoms with Gasteiger partial charge >= 0.3 is 5.97 Å². The van der Waals surface area contributed by atoms with Gasteiger partial charge in [-0.1, -0.05) is 13.3 Å². The Bertz CT molecular complexity index is 307. The number of hydrogen-bond donors (Lipinski definition) is 0. The average molecular weight is 255 g/mol. The number of amides is 1. The van der Waals surface area contributed by atoms with Gasteiger partial charge in [-0.05, 0) is 40.0 Å². The molecule has 0 N–H and O–H groups in total. The highest BCUT2D eigenvalue weighted by atomic mass is 16.6. The zero-order valence-corrected chi connectivity index (χ0v) is 12.0. The third-order valence-corrected chi connectivity index (χ3v) is 3.00. The Hall–Kier alpha value is -1.06. The van der Waals surface area contributed by atoms with E-state index >= 15 is 0 Å². The zero-order chi connectivity index (χ0) is 13.8. The molecule has 0 spiro atoms. The molecule has 0 aliphatic carbocycles. The van der Waals surface area contributed by atoms with E-state index in [2.05, 4.69) is 6.92 Å². The maximum Gasteiger partial charge on any atom is 0.329 e. The lowest BCUT2D eigenvalue weighted by atomic mass is 10.1. The van der Waals surface area contributed by atoms with E-state index in [0.717, 1.165) is 25.7 Å². The Morgan fingerprint density at radius 3 is 2.56 bits per heavy atom. The Morgan fingerprint density at radius 2 is 2.00 bits per heavy atom. The number of carbonyl (C=O) groups is 2. The SMILES string of the molecule is CCCCC(=O)N1CCC[C@@H]1C(=O)OC(C)(C)C. The molecule has 4 nitrogen and oxygen atoms in total. The van der Waals surface area contributed by atoms with E-state index in [1.165, 1.54) is 0 Å².